The number of hydrogen-bond donors (Lipinski definition) is 0. The van der Waals surface area contributed by atoms with Crippen LogP contribution in [0.25, 0.3) is 0 Å². The predicted octanol–water partition coefficient (Wildman–Crippen LogP) is 1.82. The van der Waals surface area contributed by atoms with Crippen molar-refractivity contribution in [1.82, 2.24) is 8.87 Å². The van der Waals surface area contributed by atoms with Crippen LogP contribution in [0.3, 0.4) is 0 Å². The highest BCUT2D eigenvalue weighted by molar-refractivity contribution is 7.88. The van der Waals surface area contributed by atoms with Crippen molar-refractivity contribution in [3.63, 3.8) is 0 Å². The Morgan fingerprint density at radius 3 is 2.73 bits per heavy atom. The second-order valence-corrected chi connectivity index (χ2v) is 8.47. The van der Waals surface area contributed by atoms with E-state index in [1.807, 2.05) is 0 Å². The summed E-state index contributed by atoms with van der Waals surface area (Å²) >= 11 is 0. The molecule has 0 saturated carbocycles. The van der Waals surface area contributed by atoms with E-state index in [2.05, 4.69) is 0 Å². The summed E-state index contributed by atoms with van der Waals surface area (Å²) < 4.78 is 47.1. The molecule has 0 amide bonds. The zero-order valence-corrected chi connectivity index (χ0v) is 15.5. The lowest BCUT2D eigenvalue weighted by molar-refractivity contribution is 0.214. The minimum Gasteiger partial charge on any atom is -0.489 e. The Hall–Kier alpha value is -2.19. The van der Waals surface area contributed by atoms with Crippen molar-refractivity contribution in [2.45, 2.75) is 25.2 Å². The Kier molecular flexibility index (Phi) is 5.15. The Morgan fingerprint density at radius 1 is 1.27 bits per heavy atom. The van der Waals surface area contributed by atoms with Gasteiger partial charge in [-0.3, -0.25) is 4.79 Å². The van der Waals surface area contributed by atoms with Gasteiger partial charge in [-0.1, -0.05) is 12.1 Å². The van der Waals surface area contributed by atoms with Crippen molar-refractivity contribution in [2.75, 3.05) is 13.1 Å². The summed E-state index contributed by atoms with van der Waals surface area (Å²) in [5.74, 6) is -0.260. The molecule has 0 N–H and O–H groups in total. The van der Waals surface area contributed by atoms with Crippen LogP contribution in [-0.2, 0) is 22.8 Å². The van der Waals surface area contributed by atoms with Gasteiger partial charge in [-0.15, -0.1) is 0 Å². The number of benzene rings is 1. The summed E-state index contributed by atoms with van der Waals surface area (Å²) in [6.45, 7) is 2.36. The van der Waals surface area contributed by atoms with Gasteiger partial charge in [0.1, 0.15) is 17.7 Å². The zero-order chi connectivity index (χ0) is 18.9. The molecule has 0 spiro atoms. The second kappa shape index (κ2) is 7.20. The molecule has 0 aliphatic carbocycles. The standard InChI is InChI=1S/C18H21FN2O4S/c1-13-8-17(10-18(22)20(13)2)25-16-6-7-21(11-16)26(23,24)12-14-4-3-5-15(19)9-14/h3-5,8-10,16H,6-7,11-12H2,1-2H3. The van der Waals surface area contributed by atoms with E-state index < -0.39 is 15.8 Å². The quantitative estimate of drug-likeness (QED) is 0.793. The number of halogens is 1. The minimum absolute atomic E-state index is 0.173. The third-order valence-corrected chi connectivity index (χ3v) is 6.34. The summed E-state index contributed by atoms with van der Waals surface area (Å²) in [6, 6.07) is 8.75. The Morgan fingerprint density at radius 2 is 2.04 bits per heavy atom. The number of ether oxygens (including phenoxy) is 1. The molecule has 1 unspecified atom stereocenters. The largest absolute Gasteiger partial charge is 0.489 e. The number of hydrogen-bond acceptors (Lipinski definition) is 4. The molecule has 8 heteroatoms. The lowest BCUT2D eigenvalue weighted by Gasteiger charge is -2.18. The summed E-state index contributed by atoms with van der Waals surface area (Å²) in [5.41, 5.74) is 1.01. The molecule has 3 rings (SSSR count). The van der Waals surface area contributed by atoms with Crippen molar-refractivity contribution < 1.29 is 17.5 Å². The zero-order valence-electron chi connectivity index (χ0n) is 14.7. The number of sulfonamides is 1. The molecule has 2 aromatic rings. The molecular weight excluding hydrogens is 359 g/mol. The van der Waals surface area contributed by atoms with Crippen molar-refractivity contribution >= 4 is 10.0 Å². The average molecular weight is 380 g/mol. The Balaban J connectivity index is 1.67. The van der Waals surface area contributed by atoms with E-state index in [1.165, 1.54) is 33.1 Å². The Bertz CT molecular complexity index is 971. The van der Waals surface area contributed by atoms with Gasteiger partial charge in [-0.25, -0.2) is 12.8 Å². The maximum Gasteiger partial charge on any atom is 0.254 e. The first-order chi connectivity index (χ1) is 12.2. The van der Waals surface area contributed by atoms with Gasteiger partial charge in [0.25, 0.3) is 5.56 Å². The molecule has 0 radical (unpaired) electrons. The van der Waals surface area contributed by atoms with Crippen LogP contribution < -0.4 is 10.3 Å². The number of aryl methyl sites for hydroxylation is 1. The smallest absolute Gasteiger partial charge is 0.254 e. The third kappa shape index (κ3) is 4.13. The molecule has 140 valence electrons. The molecule has 2 heterocycles. The molecular formula is C18H21FN2O4S. The molecule has 6 nitrogen and oxygen atoms in total. The van der Waals surface area contributed by atoms with Crippen LogP contribution in [0, 0.1) is 12.7 Å². The van der Waals surface area contributed by atoms with Crippen LogP contribution in [0.4, 0.5) is 4.39 Å². The molecule has 1 atom stereocenters. The van der Waals surface area contributed by atoms with E-state index in [4.69, 9.17) is 4.74 Å². The van der Waals surface area contributed by atoms with E-state index in [0.29, 0.717) is 24.3 Å². The molecule has 1 fully saturated rings. The first kappa shape index (κ1) is 18.6. The van der Waals surface area contributed by atoms with Crippen molar-refractivity contribution in [2.24, 2.45) is 7.05 Å². The number of rotatable bonds is 5. The van der Waals surface area contributed by atoms with Crippen LogP contribution in [-0.4, -0.2) is 36.5 Å². The highest BCUT2D eigenvalue weighted by atomic mass is 32.2. The summed E-state index contributed by atoms with van der Waals surface area (Å²) in [4.78, 5) is 11.8. The van der Waals surface area contributed by atoms with Gasteiger partial charge < -0.3 is 9.30 Å². The van der Waals surface area contributed by atoms with E-state index >= 15 is 0 Å². The van der Waals surface area contributed by atoms with Gasteiger partial charge in [0, 0.05) is 25.4 Å². The average Bonchev–Trinajstić information content (AvgIpc) is 3.01. The number of pyridine rings is 1. The fraction of sp³-hybridized carbons (Fsp3) is 0.389. The molecule has 0 bridgehead atoms. The van der Waals surface area contributed by atoms with Gasteiger partial charge >= 0.3 is 0 Å². The predicted molar refractivity (Wildman–Crippen MR) is 96.0 cm³/mol. The molecule has 1 aromatic heterocycles. The van der Waals surface area contributed by atoms with E-state index in [9.17, 15) is 17.6 Å². The second-order valence-electron chi connectivity index (χ2n) is 6.50. The molecule has 1 aromatic carbocycles. The summed E-state index contributed by atoms with van der Waals surface area (Å²) in [6.07, 6.45) is 0.222. The van der Waals surface area contributed by atoms with E-state index in [-0.39, 0.29) is 24.0 Å². The normalized spacial score (nSPS) is 18.2. The SMILES string of the molecule is Cc1cc(OC2CCN(S(=O)(=O)Cc3cccc(F)c3)C2)cc(=O)n1C. The van der Waals surface area contributed by atoms with Crippen molar-refractivity contribution in [1.29, 1.82) is 0 Å². The monoisotopic (exact) mass is 380 g/mol. The van der Waals surface area contributed by atoms with Crippen LogP contribution in [0.2, 0.25) is 0 Å². The number of aromatic nitrogens is 1. The van der Waals surface area contributed by atoms with Crippen LogP contribution in [0.5, 0.6) is 5.75 Å². The minimum atomic E-state index is -3.56. The fourth-order valence-electron chi connectivity index (χ4n) is 2.97. The molecule has 1 aliphatic heterocycles. The maximum atomic E-state index is 13.3. The van der Waals surface area contributed by atoms with Crippen LogP contribution in [0.1, 0.15) is 17.7 Å². The number of nitrogens with zero attached hydrogens (tertiary/aromatic N) is 2. The van der Waals surface area contributed by atoms with Crippen LogP contribution in [0.15, 0.2) is 41.2 Å². The molecule has 1 saturated heterocycles. The van der Waals surface area contributed by atoms with Gasteiger partial charge in [0.2, 0.25) is 10.0 Å². The lowest BCUT2D eigenvalue weighted by Crippen LogP contribution is -2.32. The molecule has 26 heavy (non-hydrogen) atoms. The van der Waals surface area contributed by atoms with E-state index in [0.717, 1.165) is 5.69 Å². The van der Waals surface area contributed by atoms with Crippen molar-refractivity contribution in [3.8, 4) is 5.75 Å². The van der Waals surface area contributed by atoms with Crippen LogP contribution >= 0.6 is 0 Å². The lowest BCUT2D eigenvalue weighted by atomic mass is 10.2. The first-order valence-corrected chi connectivity index (χ1v) is 9.92. The van der Waals surface area contributed by atoms with Crippen molar-refractivity contribution in [3.05, 3.63) is 63.8 Å². The maximum absolute atomic E-state index is 13.3. The highest BCUT2D eigenvalue weighted by Gasteiger charge is 2.32. The van der Waals surface area contributed by atoms with Gasteiger partial charge in [-0.05, 0) is 37.1 Å². The first-order valence-electron chi connectivity index (χ1n) is 8.31. The van der Waals surface area contributed by atoms with Gasteiger partial charge in [0.05, 0.1) is 12.3 Å². The fourth-order valence-corrected chi connectivity index (χ4v) is 4.53. The summed E-state index contributed by atoms with van der Waals surface area (Å²) in [7, 11) is -1.88. The highest BCUT2D eigenvalue weighted by Crippen LogP contribution is 2.22. The van der Waals surface area contributed by atoms with E-state index in [1.54, 1.807) is 26.1 Å². The Labute approximate surface area is 151 Å². The topological polar surface area (TPSA) is 68.6 Å². The van der Waals surface area contributed by atoms with Gasteiger partial charge in [-0.2, -0.15) is 4.31 Å². The third-order valence-electron chi connectivity index (χ3n) is 4.52. The molecule has 1 aliphatic rings. The summed E-state index contributed by atoms with van der Waals surface area (Å²) in [5, 5.41) is 0. The van der Waals surface area contributed by atoms with Gasteiger partial charge in [0.15, 0.2) is 0 Å².